The third kappa shape index (κ3) is 4.64. The molecule has 0 aliphatic carbocycles. The van der Waals surface area contributed by atoms with Crippen molar-refractivity contribution >= 4 is 43.5 Å². The smallest absolute Gasteiger partial charge is 0.137 e. The summed E-state index contributed by atoms with van der Waals surface area (Å²) in [7, 11) is 0. The maximum Gasteiger partial charge on any atom is 0.137 e. The van der Waals surface area contributed by atoms with Crippen LogP contribution in [0.4, 0.5) is 0 Å². The molecule has 0 heterocycles. The summed E-state index contributed by atoms with van der Waals surface area (Å²) in [6, 6.07) is 5.67. The molecule has 90 valence electrons. The lowest BCUT2D eigenvalue weighted by molar-refractivity contribution is 0.255. The molecule has 1 aromatic carbocycles. The van der Waals surface area contributed by atoms with Gasteiger partial charge in [-0.3, -0.25) is 0 Å². The Bertz CT molecular complexity index is 331. The topological polar surface area (TPSA) is 9.23 Å². The van der Waals surface area contributed by atoms with Crippen molar-refractivity contribution in [2.45, 2.75) is 19.8 Å². The maximum atomic E-state index is 6.07. The second-order valence-electron chi connectivity index (χ2n) is 3.69. The van der Waals surface area contributed by atoms with Crippen LogP contribution < -0.4 is 4.74 Å². The number of halogens is 3. The van der Waals surface area contributed by atoms with Crippen LogP contribution in [-0.4, -0.2) is 11.9 Å². The molecule has 4 heteroatoms. The van der Waals surface area contributed by atoms with Crippen LogP contribution in [0.3, 0.4) is 0 Å². The monoisotopic (exact) mass is 368 g/mol. The van der Waals surface area contributed by atoms with E-state index in [9.17, 15) is 0 Å². The minimum atomic E-state index is 0.546. The van der Waals surface area contributed by atoms with Crippen LogP contribution in [0, 0.1) is 5.92 Å². The van der Waals surface area contributed by atoms with E-state index in [-0.39, 0.29) is 0 Å². The standard InChI is InChI=1S/C12H15Br2ClO/c1-2-3-9(7-13)8-16-12-5-4-10(14)6-11(12)15/h4-6,9H,2-3,7-8H2,1H3. The number of benzene rings is 1. The lowest BCUT2D eigenvalue weighted by Crippen LogP contribution is -2.13. The van der Waals surface area contributed by atoms with E-state index in [0.717, 1.165) is 15.6 Å². The van der Waals surface area contributed by atoms with E-state index in [1.807, 2.05) is 18.2 Å². The molecule has 1 atom stereocenters. The summed E-state index contributed by atoms with van der Waals surface area (Å²) in [5.41, 5.74) is 0. The molecule has 0 aliphatic rings. The van der Waals surface area contributed by atoms with Crippen molar-refractivity contribution in [2.24, 2.45) is 5.92 Å². The van der Waals surface area contributed by atoms with Gasteiger partial charge in [-0.15, -0.1) is 0 Å². The normalized spacial score (nSPS) is 12.5. The van der Waals surface area contributed by atoms with Gasteiger partial charge >= 0.3 is 0 Å². The van der Waals surface area contributed by atoms with E-state index in [1.165, 1.54) is 12.8 Å². The second kappa shape index (κ2) is 7.57. The molecule has 0 spiro atoms. The first kappa shape index (κ1) is 14.3. The molecule has 0 saturated heterocycles. The van der Waals surface area contributed by atoms with Crippen molar-refractivity contribution in [2.75, 3.05) is 11.9 Å². The zero-order chi connectivity index (χ0) is 12.0. The summed E-state index contributed by atoms with van der Waals surface area (Å²) < 4.78 is 6.68. The average molecular weight is 371 g/mol. The number of hydrogen-bond donors (Lipinski definition) is 0. The van der Waals surface area contributed by atoms with Crippen molar-refractivity contribution in [1.82, 2.24) is 0 Å². The number of alkyl halides is 1. The molecule has 0 aromatic heterocycles. The first-order valence-electron chi connectivity index (χ1n) is 5.31. The Hall–Kier alpha value is 0.270. The van der Waals surface area contributed by atoms with Crippen LogP contribution in [0.15, 0.2) is 22.7 Å². The van der Waals surface area contributed by atoms with E-state index < -0.39 is 0 Å². The highest BCUT2D eigenvalue weighted by atomic mass is 79.9. The molecule has 0 saturated carbocycles. The fourth-order valence-electron chi connectivity index (χ4n) is 1.41. The highest BCUT2D eigenvalue weighted by Gasteiger charge is 2.08. The first-order chi connectivity index (χ1) is 7.67. The quantitative estimate of drug-likeness (QED) is 0.618. The van der Waals surface area contributed by atoms with Crippen molar-refractivity contribution in [1.29, 1.82) is 0 Å². The van der Waals surface area contributed by atoms with Gasteiger partial charge in [0.1, 0.15) is 5.75 Å². The molecule has 0 radical (unpaired) electrons. The third-order valence-electron chi connectivity index (χ3n) is 2.28. The van der Waals surface area contributed by atoms with E-state index in [2.05, 4.69) is 38.8 Å². The van der Waals surface area contributed by atoms with Crippen molar-refractivity contribution < 1.29 is 4.74 Å². The SMILES string of the molecule is CCCC(CBr)COc1ccc(Br)cc1Cl. The first-order valence-corrected chi connectivity index (χ1v) is 7.60. The van der Waals surface area contributed by atoms with Gasteiger partial charge in [0.05, 0.1) is 11.6 Å². The molecule has 0 aliphatic heterocycles. The number of ether oxygens (including phenoxy) is 1. The van der Waals surface area contributed by atoms with Gasteiger partial charge in [0.15, 0.2) is 0 Å². The molecule has 16 heavy (non-hydrogen) atoms. The van der Waals surface area contributed by atoms with E-state index in [4.69, 9.17) is 16.3 Å². The van der Waals surface area contributed by atoms with Gasteiger partial charge in [-0.2, -0.15) is 0 Å². The summed E-state index contributed by atoms with van der Waals surface area (Å²) >= 11 is 12.9. The zero-order valence-electron chi connectivity index (χ0n) is 9.18. The molecule has 1 nitrogen and oxygen atoms in total. The molecule has 0 fully saturated rings. The molecular weight excluding hydrogens is 355 g/mol. The maximum absolute atomic E-state index is 6.07. The summed E-state index contributed by atoms with van der Waals surface area (Å²) in [5.74, 6) is 1.30. The Morgan fingerprint density at radius 1 is 1.44 bits per heavy atom. The van der Waals surface area contributed by atoms with E-state index >= 15 is 0 Å². The fourth-order valence-corrected chi connectivity index (χ4v) is 2.65. The summed E-state index contributed by atoms with van der Waals surface area (Å²) in [6.45, 7) is 2.89. The Balaban J connectivity index is 2.53. The van der Waals surface area contributed by atoms with Gasteiger partial charge in [0, 0.05) is 15.7 Å². The van der Waals surface area contributed by atoms with Crippen LogP contribution in [-0.2, 0) is 0 Å². The molecule has 0 amide bonds. The summed E-state index contributed by atoms with van der Waals surface area (Å²) in [6.07, 6.45) is 2.34. The van der Waals surface area contributed by atoms with Gasteiger partial charge in [0.25, 0.3) is 0 Å². The van der Waals surface area contributed by atoms with Gasteiger partial charge in [-0.25, -0.2) is 0 Å². The van der Waals surface area contributed by atoms with Gasteiger partial charge < -0.3 is 4.74 Å². The van der Waals surface area contributed by atoms with Crippen molar-refractivity contribution in [3.8, 4) is 5.75 Å². The van der Waals surface area contributed by atoms with Crippen LogP contribution in [0.1, 0.15) is 19.8 Å². The van der Waals surface area contributed by atoms with Crippen LogP contribution in [0.2, 0.25) is 5.02 Å². The van der Waals surface area contributed by atoms with Crippen LogP contribution in [0.25, 0.3) is 0 Å². The average Bonchev–Trinajstić information content (AvgIpc) is 2.26. The minimum Gasteiger partial charge on any atom is -0.492 e. The molecular formula is C12H15Br2ClO. The number of hydrogen-bond acceptors (Lipinski definition) is 1. The third-order valence-corrected chi connectivity index (χ3v) is 3.99. The van der Waals surface area contributed by atoms with E-state index in [0.29, 0.717) is 17.5 Å². The predicted molar refractivity (Wildman–Crippen MR) is 76.8 cm³/mol. The van der Waals surface area contributed by atoms with Crippen LogP contribution in [0.5, 0.6) is 5.75 Å². The highest BCUT2D eigenvalue weighted by molar-refractivity contribution is 9.10. The molecule has 0 N–H and O–H groups in total. The number of rotatable bonds is 6. The Morgan fingerprint density at radius 3 is 2.75 bits per heavy atom. The van der Waals surface area contributed by atoms with Gasteiger partial charge in [0.2, 0.25) is 0 Å². The lowest BCUT2D eigenvalue weighted by atomic mass is 10.1. The van der Waals surface area contributed by atoms with Crippen molar-refractivity contribution in [3.63, 3.8) is 0 Å². The Morgan fingerprint density at radius 2 is 2.19 bits per heavy atom. The van der Waals surface area contributed by atoms with E-state index in [1.54, 1.807) is 0 Å². The van der Waals surface area contributed by atoms with Gasteiger partial charge in [-0.1, -0.05) is 56.8 Å². The zero-order valence-corrected chi connectivity index (χ0v) is 13.1. The summed E-state index contributed by atoms with van der Waals surface area (Å²) in [4.78, 5) is 0. The molecule has 1 aromatic rings. The largest absolute Gasteiger partial charge is 0.492 e. The Kier molecular flexibility index (Phi) is 6.78. The minimum absolute atomic E-state index is 0.546. The van der Waals surface area contributed by atoms with Crippen LogP contribution >= 0.6 is 43.5 Å². The molecule has 1 rings (SSSR count). The summed E-state index contributed by atoms with van der Waals surface area (Å²) in [5, 5.41) is 1.62. The molecule has 1 unspecified atom stereocenters. The molecule has 0 bridgehead atoms. The van der Waals surface area contributed by atoms with Crippen molar-refractivity contribution in [3.05, 3.63) is 27.7 Å². The fraction of sp³-hybridized carbons (Fsp3) is 0.500. The van der Waals surface area contributed by atoms with Gasteiger partial charge in [-0.05, 0) is 24.6 Å². The second-order valence-corrected chi connectivity index (χ2v) is 5.67. The predicted octanol–water partition coefficient (Wildman–Crippen LogP) is 5.29. The highest BCUT2D eigenvalue weighted by Crippen LogP contribution is 2.28. The Labute approximate surface area is 119 Å². The lowest BCUT2D eigenvalue weighted by Gasteiger charge is -2.15.